The van der Waals surface area contributed by atoms with Crippen molar-refractivity contribution in [1.82, 2.24) is 9.62 Å². The first-order valence-corrected chi connectivity index (χ1v) is 8.20. The number of hydrogen-bond donors (Lipinski definition) is 3. The Hall–Kier alpha value is -1.19. The number of carboxylic acids is 1. The molecule has 3 N–H and O–H groups in total. The molecule has 0 aromatic heterocycles. The number of rotatable bonds is 6. The number of nitrogens with one attached hydrogen (secondary N) is 1. The molecule has 1 fully saturated rings. The number of carbonyl (C=O) groups is 2. The van der Waals surface area contributed by atoms with Gasteiger partial charge in [-0.2, -0.15) is 0 Å². The van der Waals surface area contributed by atoms with Crippen molar-refractivity contribution in [2.24, 2.45) is 5.92 Å². The molecule has 1 atom stereocenters. The van der Waals surface area contributed by atoms with E-state index < -0.39 is 22.1 Å². The summed E-state index contributed by atoms with van der Waals surface area (Å²) in [5, 5.41) is 20.1. The molecule has 0 aliphatic carbocycles. The van der Waals surface area contributed by atoms with Crippen molar-refractivity contribution < 1.29 is 28.2 Å². The molecule has 9 heteroatoms. The van der Waals surface area contributed by atoms with Crippen LogP contribution in [0.3, 0.4) is 0 Å². The van der Waals surface area contributed by atoms with Crippen LogP contribution in [0.2, 0.25) is 0 Å². The molecule has 20 heavy (non-hydrogen) atoms. The minimum absolute atomic E-state index is 0.0523. The molecule has 0 spiro atoms. The third-order valence-corrected chi connectivity index (χ3v) is 4.60. The first kappa shape index (κ1) is 16.9. The number of hydrogen-bond acceptors (Lipinski definition) is 5. The molecule has 0 aromatic rings. The van der Waals surface area contributed by atoms with E-state index in [2.05, 4.69) is 5.32 Å². The van der Waals surface area contributed by atoms with Gasteiger partial charge in [0.05, 0.1) is 6.26 Å². The van der Waals surface area contributed by atoms with Gasteiger partial charge >= 0.3 is 5.97 Å². The van der Waals surface area contributed by atoms with E-state index in [1.165, 1.54) is 4.31 Å². The Morgan fingerprint density at radius 3 is 2.35 bits per heavy atom. The van der Waals surface area contributed by atoms with Crippen LogP contribution in [0, 0.1) is 5.92 Å². The number of carbonyl (C=O) groups excluding carboxylic acids is 1. The van der Waals surface area contributed by atoms with Gasteiger partial charge in [-0.05, 0) is 12.8 Å². The van der Waals surface area contributed by atoms with Gasteiger partial charge in [-0.3, -0.25) is 4.79 Å². The second kappa shape index (κ2) is 7.00. The van der Waals surface area contributed by atoms with Gasteiger partial charge < -0.3 is 15.5 Å². The van der Waals surface area contributed by atoms with Gasteiger partial charge in [0.2, 0.25) is 15.9 Å². The van der Waals surface area contributed by atoms with Crippen molar-refractivity contribution in [2.75, 3.05) is 25.9 Å². The van der Waals surface area contributed by atoms with Gasteiger partial charge in [0.25, 0.3) is 0 Å². The SMILES string of the molecule is CS(=O)(=O)N1CCC(C(=O)NCC[C@H](O)C(=O)O)CC1. The van der Waals surface area contributed by atoms with E-state index in [4.69, 9.17) is 10.2 Å². The predicted molar refractivity (Wildman–Crippen MR) is 70.4 cm³/mol. The second-order valence-electron chi connectivity index (χ2n) is 4.87. The lowest BCUT2D eigenvalue weighted by Crippen LogP contribution is -2.43. The van der Waals surface area contributed by atoms with Crippen LogP contribution < -0.4 is 5.32 Å². The highest BCUT2D eigenvalue weighted by atomic mass is 32.2. The van der Waals surface area contributed by atoms with E-state index >= 15 is 0 Å². The summed E-state index contributed by atoms with van der Waals surface area (Å²) in [4.78, 5) is 22.2. The Balaban J connectivity index is 2.31. The number of nitrogens with zero attached hydrogens (tertiary/aromatic N) is 1. The summed E-state index contributed by atoms with van der Waals surface area (Å²) in [6.45, 7) is 0.710. The third-order valence-electron chi connectivity index (χ3n) is 3.30. The number of amides is 1. The van der Waals surface area contributed by atoms with Crippen molar-refractivity contribution >= 4 is 21.9 Å². The molecule has 116 valence electrons. The van der Waals surface area contributed by atoms with Crippen molar-refractivity contribution in [1.29, 1.82) is 0 Å². The second-order valence-corrected chi connectivity index (χ2v) is 6.85. The Morgan fingerprint density at radius 2 is 1.90 bits per heavy atom. The minimum atomic E-state index is -3.21. The Bertz CT molecular complexity index is 456. The van der Waals surface area contributed by atoms with Crippen molar-refractivity contribution in [2.45, 2.75) is 25.4 Å². The average Bonchev–Trinajstić information content (AvgIpc) is 2.37. The molecule has 1 saturated heterocycles. The van der Waals surface area contributed by atoms with Crippen LogP contribution in [0.5, 0.6) is 0 Å². The molecule has 1 heterocycles. The molecule has 1 aliphatic heterocycles. The summed E-state index contributed by atoms with van der Waals surface area (Å²) in [7, 11) is -3.21. The summed E-state index contributed by atoms with van der Waals surface area (Å²) in [6.07, 6.45) is 0.493. The zero-order valence-corrected chi connectivity index (χ0v) is 12.1. The summed E-state index contributed by atoms with van der Waals surface area (Å²) in [6, 6.07) is 0. The fourth-order valence-electron chi connectivity index (χ4n) is 2.05. The molecule has 0 radical (unpaired) electrons. The maximum absolute atomic E-state index is 11.8. The van der Waals surface area contributed by atoms with Gasteiger partial charge in [-0.25, -0.2) is 17.5 Å². The monoisotopic (exact) mass is 308 g/mol. The normalized spacial score (nSPS) is 19.5. The highest BCUT2D eigenvalue weighted by Gasteiger charge is 2.28. The van der Waals surface area contributed by atoms with Gasteiger partial charge in [0.1, 0.15) is 0 Å². The number of aliphatic hydroxyl groups excluding tert-OH is 1. The zero-order chi connectivity index (χ0) is 15.3. The van der Waals surface area contributed by atoms with Crippen LogP contribution in [-0.4, -0.2) is 66.8 Å². The molecular weight excluding hydrogens is 288 g/mol. The lowest BCUT2D eigenvalue weighted by Gasteiger charge is -2.29. The molecule has 8 nitrogen and oxygen atoms in total. The van der Waals surface area contributed by atoms with E-state index in [1.54, 1.807) is 0 Å². The van der Waals surface area contributed by atoms with Crippen LogP contribution in [-0.2, 0) is 19.6 Å². The van der Waals surface area contributed by atoms with Crippen LogP contribution in [0.4, 0.5) is 0 Å². The maximum atomic E-state index is 11.8. The highest BCUT2D eigenvalue weighted by Crippen LogP contribution is 2.19. The summed E-state index contributed by atoms with van der Waals surface area (Å²) in [5.41, 5.74) is 0. The Kier molecular flexibility index (Phi) is 5.90. The van der Waals surface area contributed by atoms with Crippen LogP contribution in [0.15, 0.2) is 0 Å². The van der Waals surface area contributed by atoms with Crippen molar-refractivity contribution in [3.8, 4) is 0 Å². The molecule has 0 bridgehead atoms. The van der Waals surface area contributed by atoms with Gasteiger partial charge in [-0.15, -0.1) is 0 Å². The minimum Gasteiger partial charge on any atom is -0.479 e. The van der Waals surface area contributed by atoms with E-state index in [-0.39, 0.29) is 24.8 Å². The van der Waals surface area contributed by atoms with E-state index in [0.717, 1.165) is 6.26 Å². The first-order chi connectivity index (χ1) is 9.21. The fourth-order valence-corrected chi connectivity index (χ4v) is 2.92. The number of carboxylic acid groups (broad SMARTS) is 1. The average molecular weight is 308 g/mol. The largest absolute Gasteiger partial charge is 0.479 e. The quantitative estimate of drug-likeness (QED) is 0.555. The number of aliphatic hydroxyl groups is 1. The fraction of sp³-hybridized carbons (Fsp3) is 0.818. The van der Waals surface area contributed by atoms with E-state index in [0.29, 0.717) is 25.9 Å². The van der Waals surface area contributed by atoms with Crippen molar-refractivity contribution in [3.05, 3.63) is 0 Å². The molecular formula is C11H20N2O6S. The summed E-state index contributed by atoms with van der Waals surface area (Å²) >= 11 is 0. The van der Waals surface area contributed by atoms with Crippen LogP contribution >= 0.6 is 0 Å². The highest BCUT2D eigenvalue weighted by molar-refractivity contribution is 7.88. The molecule has 0 aromatic carbocycles. The van der Waals surface area contributed by atoms with Crippen LogP contribution in [0.1, 0.15) is 19.3 Å². The Labute approximate surface area is 117 Å². The number of piperidine rings is 1. The smallest absolute Gasteiger partial charge is 0.332 e. The summed E-state index contributed by atoms with van der Waals surface area (Å²) < 4.78 is 24.0. The number of aliphatic carboxylic acids is 1. The molecule has 0 unspecified atom stereocenters. The van der Waals surface area contributed by atoms with E-state index in [9.17, 15) is 18.0 Å². The summed E-state index contributed by atoms with van der Waals surface area (Å²) in [5.74, 6) is -1.81. The molecule has 1 amide bonds. The lowest BCUT2D eigenvalue weighted by atomic mass is 9.97. The maximum Gasteiger partial charge on any atom is 0.332 e. The van der Waals surface area contributed by atoms with Crippen LogP contribution in [0.25, 0.3) is 0 Å². The third kappa shape index (κ3) is 5.06. The zero-order valence-electron chi connectivity index (χ0n) is 11.3. The molecule has 1 aliphatic rings. The molecule has 0 saturated carbocycles. The predicted octanol–water partition coefficient (Wildman–Crippen LogP) is -1.39. The number of sulfonamides is 1. The van der Waals surface area contributed by atoms with E-state index in [1.807, 2.05) is 0 Å². The van der Waals surface area contributed by atoms with Gasteiger partial charge in [0.15, 0.2) is 6.10 Å². The first-order valence-electron chi connectivity index (χ1n) is 6.35. The standard InChI is InChI=1S/C11H20N2O6S/c1-20(18,19)13-6-3-8(4-7-13)10(15)12-5-2-9(14)11(16)17/h8-9,14H,2-7H2,1H3,(H,12,15)(H,16,17)/t9-/m0/s1. The Morgan fingerprint density at radius 1 is 1.35 bits per heavy atom. The lowest BCUT2D eigenvalue weighted by molar-refractivity contribution is -0.147. The van der Waals surface area contributed by atoms with Gasteiger partial charge in [0, 0.05) is 32.0 Å². The molecule has 1 rings (SSSR count). The van der Waals surface area contributed by atoms with Crippen molar-refractivity contribution in [3.63, 3.8) is 0 Å². The van der Waals surface area contributed by atoms with Gasteiger partial charge in [-0.1, -0.05) is 0 Å². The topological polar surface area (TPSA) is 124 Å².